The fourth-order valence-electron chi connectivity index (χ4n) is 3.09. The molecule has 0 spiro atoms. The SMILES string of the molecule is CC1OCCC1NC(=O)NC1CCCCCC1CO. The van der Waals surface area contributed by atoms with Crippen LogP contribution >= 0.6 is 0 Å². The van der Waals surface area contributed by atoms with Crippen LogP contribution in [0.4, 0.5) is 4.79 Å². The van der Waals surface area contributed by atoms with E-state index in [1.807, 2.05) is 6.92 Å². The molecule has 5 heteroatoms. The Morgan fingerprint density at radius 2 is 1.89 bits per heavy atom. The van der Waals surface area contributed by atoms with E-state index in [0.717, 1.165) is 38.7 Å². The van der Waals surface area contributed by atoms with Gasteiger partial charge in [0.1, 0.15) is 0 Å². The molecule has 4 atom stereocenters. The van der Waals surface area contributed by atoms with Gasteiger partial charge in [0.25, 0.3) is 0 Å². The number of amides is 2. The Balaban J connectivity index is 1.82. The third kappa shape index (κ3) is 4.08. The number of hydrogen-bond acceptors (Lipinski definition) is 3. The summed E-state index contributed by atoms with van der Waals surface area (Å²) in [6.45, 7) is 2.86. The topological polar surface area (TPSA) is 70.6 Å². The van der Waals surface area contributed by atoms with Crippen LogP contribution in [0.25, 0.3) is 0 Å². The van der Waals surface area contributed by atoms with Gasteiger partial charge in [0.05, 0.1) is 12.1 Å². The summed E-state index contributed by atoms with van der Waals surface area (Å²) in [7, 11) is 0. The highest BCUT2D eigenvalue weighted by atomic mass is 16.5. The van der Waals surface area contributed by atoms with Gasteiger partial charge in [0, 0.05) is 25.2 Å². The first kappa shape index (κ1) is 14.6. The Kier molecular flexibility index (Phi) is 5.45. The smallest absolute Gasteiger partial charge is 0.315 e. The maximum Gasteiger partial charge on any atom is 0.315 e. The van der Waals surface area contributed by atoms with Crippen LogP contribution in [-0.2, 0) is 4.74 Å². The third-order valence-corrected chi connectivity index (χ3v) is 4.40. The van der Waals surface area contributed by atoms with Crippen LogP contribution in [0.3, 0.4) is 0 Å². The van der Waals surface area contributed by atoms with Gasteiger partial charge in [-0.05, 0) is 26.2 Å². The molecular formula is C14H26N2O3. The first-order valence-corrected chi connectivity index (χ1v) is 7.50. The number of hydrogen-bond donors (Lipinski definition) is 3. The Bertz CT molecular complexity index is 298. The number of aliphatic hydroxyl groups excluding tert-OH is 1. The molecule has 110 valence electrons. The van der Waals surface area contributed by atoms with Gasteiger partial charge in [-0.25, -0.2) is 4.79 Å². The van der Waals surface area contributed by atoms with Gasteiger partial charge in [-0.15, -0.1) is 0 Å². The van der Waals surface area contributed by atoms with Gasteiger partial charge >= 0.3 is 6.03 Å². The third-order valence-electron chi connectivity index (χ3n) is 4.40. The number of ether oxygens (including phenoxy) is 1. The minimum atomic E-state index is -0.118. The molecule has 0 aromatic rings. The Hall–Kier alpha value is -0.810. The highest BCUT2D eigenvalue weighted by molar-refractivity contribution is 5.74. The number of urea groups is 1. The molecule has 1 saturated carbocycles. The van der Waals surface area contributed by atoms with E-state index < -0.39 is 0 Å². The standard InChI is InChI=1S/C14H26N2O3/c1-10-12(7-8-19-10)15-14(18)16-13-6-4-2-3-5-11(13)9-17/h10-13,17H,2-9H2,1H3,(H2,15,16,18). The van der Waals surface area contributed by atoms with E-state index in [1.165, 1.54) is 6.42 Å². The second kappa shape index (κ2) is 7.10. The average molecular weight is 270 g/mol. The zero-order chi connectivity index (χ0) is 13.7. The van der Waals surface area contributed by atoms with Crippen molar-refractivity contribution in [2.24, 2.45) is 5.92 Å². The van der Waals surface area contributed by atoms with Gasteiger partial charge in [-0.3, -0.25) is 0 Å². The van der Waals surface area contributed by atoms with Gasteiger partial charge in [0.2, 0.25) is 0 Å². The molecule has 19 heavy (non-hydrogen) atoms. The van der Waals surface area contributed by atoms with Crippen LogP contribution in [0.5, 0.6) is 0 Å². The Morgan fingerprint density at radius 3 is 2.58 bits per heavy atom. The molecule has 1 saturated heterocycles. The van der Waals surface area contributed by atoms with E-state index in [2.05, 4.69) is 10.6 Å². The lowest BCUT2D eigenvalue weighted by molar-refractivity contribution is 0.113. The number of carbonyl (C=O) groups is 1. The van der Waals surface area contributed by atoms with Gasteiger partial charge < -0.3 is 20.5 Å². The lowest BCUT2D eigenvalue weighted by Crippen LogP contribution is -2.50. The summed E-state index contributed by atoms with van der Waals surface area (Å²) in [4.78, 5) is 12.0. The van der Waals surface area contributed by atoms with Crippen molar-refractivity contribution in [3.05, 3.63) is 0 Å². The molecular weight excluding hydrogens is 244 g/mol. The zero-order valence-electron chi connectivity index (χ0n) is 11.7. The molecule has 2 amide bonds. The summed E-state index contributed by atoms with van der Waals surface area (Å²) in [5.41, 5.74) is 0. The van der Waals surface area contributed by atoms with Crippen LogP contribution in [0.15, 0.2) is 0 Å². The van der Waals surface area contributed by atoms with Crippen molar-refractivity contribution in [2.45, 2.75) is 63.6 Å². The molecule has 1 aliphatic heterocycles. The number of nitrogens with one attached hydrogen (secondary N) is 2. The Labute approximate surface area is 115 Å². The van der Waals surface area contributed by atoms with Crippen LogP contribution < -0.4 is 10.6 Å². The normalized spacial score (nSPS) is 35.7. The monoisotopic (exact) mass is 270 g/mol. The number of aliphatic hydroxyl groups is 1. The summed E-state index contributed by atoms with van der Waals surface area (Å²) in [6.07, 6.45) is 6.42. The molecule has 5 nitrogen and oxygen atoms in total. The van der Waals surface area contributed by atoms with Crippen molar-refractivity contribution in [1.29, 1.82) is 0 Å². The van der Waals surface area contributed by atoms with Crippen molar-refractivity contribution in [3.63, 3.8) is 0 Å². The van der Waals surface area contributed by atoms with Crippen LogP contribution in [0.2, 0.25) is 0 Å². The van der Waals surface area contributed by atoms with Crippen molar-refractivity contribution in [3.8, 4) is 0 Å². The Morgan fingerprint density at radius 1 is 1.16 bits per heavy atom. The summed E-state index contributed by atoms with van der Waals surface area (Å²) in [5.74, 6) is 0.200. The molecule has 0 bridgehead atoms. The van der Waals surface area contributed by atoms with Crippen molar-refractivity contribution in [1.82, 2.24) is 10.6 Å². The summed E-state index contributed by atoms with van der Waals surface area (Å²) < 4.78 is 5.44. The maximum atomic E-state index is 12.0. The van der Waals surface area contributed by atoms with E-state index in [-0.39, 0.29) is 36.7 Å². The molecule has 3 N–H and O–H groups in total. The van der Waals surface area contributed by atoms with Crippen molar-refractivity contribution < 1.29 is 14.6 Å². The van der Waals surface area contributed by atoms with Crippen LogP contribution in [0.1, 0.15) is 45.4 Å². The van der Waals surface area contributed by atoms with E-state index in [1.54, 1.807) is 0 Å². The minimum absolute atomic E-state index is 0.0912. The molecule has 1 heterocycles. The van der Waals surface area contributed by atoms with Crippen molar-refractivity contribution >= 4 is 6.03 Å². The number of rotatable bonds is 3. The largest absolute Gasteiger partial charge is 0.396 e. The predicted octanol–water partition coefficient (Wildman–Crippen LogP) is 1.40. The van der Waals surface area contributed by atoms with E-state index in [4.69, 9.17) is 4.74 Å². The van der Waals surface area contributed by atoms with E-state index in [0.29, 0.717) is 0 Å². The van der Waals surface area contributed by atoms with Gasteiger partial charge in [0.15, 0.2) is 0 Å². The van der Waals surface area contributed by atoms with E-state index in [9.17, 15) is 9.90 Å². The molecule has 0 aromatic heterocycles. The average Bonchev–Trinajstić information content (AvgIpc) is 2.65. The lowest BCUT2D eigenvalue weighted by atomic mass is 9.96. The quantitative estimate of drug-likeness (QED) is 0.679. The molecule has 2 rings (SSSR count). The summed E-state index contributed by atoms with van der Waals surface area (Å²) >= 11 is 0. The summed E-state index contributed by atoms with van der Waals surface area (Å²) in [6, 6.07) is 0.0937. The van der Waals surface area contributed by atoms with Gasteiger partial charge in [-0.1, -0.05) is 19.3 Å². The summed E-state index contributed by atoms with van der Waals surface area (Å²) in [5, 5.41) is 15.5. The molecule has 2 aliphatic rings. The zero-order valence-corrected chi connectivity index (χ0v) is 11.7. The predicted molar refractivity (Wildman–Crippen MR) is 72.9 cm³/mol. The fraction of sp³-hybridized carbons (Fsp3) is 0.929. The van der Waals surface area contributed by atoms with Crippen molar-refractivity contribution in [2.75, 3.05) is 13.2 Å². The molecule has 1 aliphatic carbocycles. The minimum Gasteiger partial charge on any atom is -0.396 e. The second-order valence-electron chi connectivity index (χ2n) is 5.78. The lowest BCUT2D eigenvalue weighted by Gasteiger charge is -2.26. The first-order chi connectivity index (χ1) is 9.20. The fourth-order valence-corrected chi connectivity index (χ4v) is 3.09. The molecule has 4 unspecified atom stereocenters. The highest BCUT2D eigenvalue weighted by Gasteiger charge is 2.28. The second-order valence-corrected chi connectivity index (χ2v) is 5.78. The van der Waals surface area contributed by atoms with E-state index >= 15 is 0 Å². The van der Waals surface area contributed by atoms with Crippen LogP contribution in [-0.4, -0.2) is 42.5 Å². The highest BCUT2D eigenvalue weighted by Crippen LogP contribution is 2.23. The van der Waals surface area contributed by atoms with Gasteiger partial charge in [-0.2, -0.15) is 0 Å². The molecule has 0 radical (unpaired) electrons. The van der Waals surface area contributed by atoms with Crippen LogP contribution in [0, 0.1) is 5.92 Å². The first-order valence-electron chi connectivity index (χ1n) is 7.50. The molecule has 0 aromatic carbocycles. The maximum absolute atomic E-state index is 12.0. The molecule has 2 fully saturated rings. The number of carbonyl (C=O) groups excluding carboxylic acids is 1.